The van der Waals surface area contributed by atoms with E-state index in [0.717, 1.165) is 18.4 Å². The number of sulfonamides is 1. The molecule has 0 spiro atoms. The second-order valence-electron chi connectivity index (χ2n) is 6.33. The van der Waals surface area contributed by atoms with Crippen molar-refractivity contribution in [3.05, 3.63) is 53.6 Å². The van der Waals surface area contributed by atoms with E-state index in [-0.39, 0.29) is 16.6 Å². The molecule has 144 valence electrons. The quantitative estimate of drug-likeness (QED) is 0.789. The van der Waals surface area contributed by atoms with Crippen LogP contribution < -0.4 is 15.8 Å². The third kappa shape index (κ3) is 4.13. The van der Waals surface area contributed by atoms with Crippen LogP contribution in [0.3, 0.4) is 0 Å². The molecule has 0 radical (unpaired) electrons. The number of carbonyl (C=O) groups excluding carboxylic acids is 1. The summed E-state index contributed by atoms with van der Waals surface area (Å²) in [6.45, 7) is 1.44. The summed E-state index contributed by atoms with van der Waals surface area (Å²) >= 11 is 0. The fourth-order valence-corrected chi connectivity index (χ4v) is 4.68. The number of rotatable bonds is 6. The first-order valence-electron chi connectivity index (χ1n) is 8.74. The summed E-state index contributed by atoms with van der Waals surface area (Å²) in [5.41, 5.74) is 7.44. The van der Waals surface area contributed by atoms with Crippen molar-refractivity contribution in [1.29, 1.82) is 0 Å². The highest BCUT2D eigenvalue weighted by atomic mass is 32.2. The van der Waals surface area contributed by atoms with Crippen LogP contribution in [0, 0.1) is 0 Å². The standard InChI is InChI=1S/C19H23N3O4S/c1-26-17-12-16(21-19(23)15-6-4-14(13-20)5-7-15)8-9-18(17)27(24,25)22-10-2-3-11-22/h4-9,12H,2-3,10-11,13,20H2,1H3,(H,21,23). The number of methoxy groups -OCH3 is 1. The Labute approximate surface area is 159 Å². The molecule has 3 rings (SSSR count). The van der Waals surface area contributed by atoms with E-state index in [0.29, 0.717) is 30.9 Å². The molecule has 0 bridgehead atoms. The van der Waals surface area contributed by atoms with Crippen LogP contribution >= 0.6 is 0 Å². The molecule has 1 fully saturated rings. The first-order valence-corrected chi connectivity index (χ1v) is 10.2. The Kier molecular flexibility index (Phi) is 5.79. The molecule has 1 aliphatic heterocycles. The molecule has 0 unspecified atom stereocenters. The molecule has 1 heterocycles. The third-order valence-corrected chi connectivity index (χ3v) is 6.49. The molecule has 2 aromatic carbocycles. The van der Waals surface area contributed by atoms with Gasteiger partial charge in [-0.05, 0) is 42.7 Å². The number of nitrogens with zero attached hydrogens (tertiary/aromatic N) is 1. The lowest BCUT2D eigenvalue weighted by atomic mass is 10.1. The minimum Gasteiger partial charge on any atom is -0.495 e. The minimum atomic E-state index is -3.60. The first kappa shape index (κ1) is 19.3. The second kappa shape index (κ2) is 8.08. The molecule has 7 nitrogen and oxygen atoms in total. The summed E-state index contributed by atoms with van der Waals surface area (Å²) in [6, 6.07) is 11.5. The van der Waals surface area contributed by atoms with Crippen molar-refractivity contribution in [2.45, 2.75) is 24.3 Å². The van der Waals surface area contributed by atoms with E-state index in [9.17, 15) is 13.2 Å². The van der Waals surface area contributed by atoms with Gasteiger partial charge in [0.2, 0.25) is 10.0 Å². The molecule has 1 saturated heterocycles. The van der Waals surface area contributed by atoms with Gasteiger partial charge in [0.05, 0.1) is 7.11 Å². The lowest BCUT2D eigenvalue weighted by Crippen LogP contribution is -2.28. The number of nitrogens with one attached hydrogen (secondary N) is 1. The zero-order chi connectivity index (χ0) is 19.4. The number of anilines is 1. The average molecular weight is 389 g/mol. The predicted octanol–water partition coefficient (Wildman–Crippen LogP) is 2.19. The van der Waals surface area contributed by atoms with E-state index in [1.165, 1.54) is 23.5 Å². The fraction of sp³-hybridized carbons (Fsp3) is 0.316. The predicted molar refractivity (Wildman–Crippen MR) is 103 cm³/mol. The van der Waals surface area contributed by atoms with Crippen LogP contribution in [0.4, 0.5) is 5.69 Å². The largest absolute Gasteiger partial charge is 0.495 e. The molecule has 0 saturated carbocycles. The van der Waals surface area contributed by atoms with E-state index >= 15 is 0 Å². The average Bonchev–Trinajstić information content (AvgIpc) is 3.23. The zero-order valence-electron chi connectivity index (χ0n) is 15.1. The maximum Gasteiger partial charge on any atom is 0.255 e. The van der Waals surface area contributed by atoms with Gasteiger partial charge in [-0.1, -0.05) is 12.1 Å². The van der Waals surface area contributed by atoms with Crippen LogP contribution in [0.2, 0.25) is 0 Å². The van der Waals surface area contributed by atoms with Crippen LogP contribution in [-0.4, -0.2) is 38.8 Å². The molecular weight excluding hydrogens is 366 g/mol. The molecule has 0 aliphatic carbocycles. The van der Waals surface area contributed by atoms with E-state index in [2.05, 4.69) is 5.32 Å². The second-order valence-corrected chi connectivity index (χ2v) is 8.24. The number of hydrogen-bond acceptors (Lipinski definition) is 5. The number of nitrogens with two attached hydrogens (primary N) is 1. The highest BCUT2D eigenvalue weighted by molar-refractivity contribution is 7.89. The van der Waals surface area contributed by atoms with Gasteiger partial charge in [-0.2, -0.15) is 4.31 Å². The molecular formula is C19H23N3O4S. The van der Waals surface area contributed by atoms with Crippen molar-refractivity contribution in [2.24, 2.45) is 5.73 Å². The number of amides is 1. The Hall–Kier alpha value is -2.42. The summed E-state index contributed by atoms with van der Waals surface area (Å²) in [5, 5.41) is 2.76. The molecule has 27 heavy (non-hydrogen) atoms. The summed E-state index contributed by atoms with van der Waals surface area (Å²) in [6.07, 6.45) is 1.72. The summed E-state index contributed by atoms with van der Waals surface area (Å²) in [4.78, 5) is 12.5. The Bertz CT molecular complexity index is 920. The van der Waals surface area contributed by atoms with Gasteiger partial charge in [0.1, 0.15) is 10.6 Å². The molecule has 1 amide bonds. The van der Waals surface area contributed by atoms with Gasteiger partial charge in [0, 0.05) is 37.0 Å². The topological polar surface area (TPSA) is 102 Å². The van der Waals surface area contributed by atoms with Crippen molar-refractivity contribution in [3.8, 4) is 5.75 Å². The van der Waals surface area contributed by atoms with Gasteiger partial charge < -0.3 is 15.8 Å². The normalized spacial score (nSPS) is 14.9. The van der Waals surface area contributed by atoms with Crippen LogP contribution in [0.1, 0.15) is 28.8 Å². The van der Waals surface area contributed by atoms with Crippen molar-refractivity contribution >= 4 is 21.6 Å². The van der Waals surface area contributed by atoms with E-state index in [1.54, 1.807) is 30.3 Å². The van der Waals surface area contributed by atoms with E-state index < -0.39 is 10.0 Å². The Morgan fingerprint density at radius 1 is 1.15 bits per heavy atom. The Morgan fingerprint density at radius 2 is 1.81 bits per heavy atom. The molecule has 3 N–H and O–H groups in total. The van der Waals surface area contributed by atoms with E-state index in [1.807, 2.05) is 0 Å². The SMILES string of the molecule is COc1cc(NC(=O)c2ccc(CN)cc2)ccc1S(=O)(=O)N1CCCC1. The molecule has 1 aliphatic rings. The molecule has 0 aromatic heterocycles. The van der Waals surface area contributed by atoms with Gasteiger partial charge in [0.25, 0.3) is 5.91 Å². The first-order chi connectivity index (χ1) is 13.0. The summed E-state index contributed by atoms with van der Waals surface area (Å²) < 4.78 is 32.3. The van der Waals surface area contributed by atoms with Crippen molar-refractivity contribution < 1.29 is 17.9 Å². The fourth-order valence-electron chi connectivity index (χ4n) is 3.02. The summed E-state index contributed by atoms with van der Waals surface area (Å²) in [5.74, 6) is -0.0889. The van der Waals surface area contributed by atoms with Crippen molar-refractivity contribution in [1.82, 2.24) is 4.31 Å². The van der Waals surface area contributed by atoms with Crippen LogP contribution in [0.5, 0.6) is 5.75 Å². The third-order valence-electron chi connectivity index (χ3n) is 4.56. The monoisotopic (exact) mass is 389 g/mol. The Balaban J connectivity index is 1.82. The lowest BCUT2D eigenvalue weighted by Gasteiger charge is -2.18. The van der Waals surface area contributed by atoms with E-state index in [4.69, 9.17) is 10.5 Å². The van der Waals surface area contributed by atoms with Crippen molar-refractivity contribution in [3.63, 3.8) is 0 Å². The number of ether oxygens (including phenoxy) is 1. The molecule has 0 atom stereocenters. The Morgan fingerprint density at radius 3 is 2.41 bits per heavy atom. The zero-order valence-corrected chi connectivity index (χ0v) is 16.0. The number of hydrogen-bond donors (Lipinski definition) is 2. The molecule has 8 heteroatoms. The minimum absolute atomic E-state index is 0.109. The van der Waals surface area contributed by atoms with Gasteiger partial charge in [-0.25, -0.2) is 8.42 Å². The van der Waals surface area contributed by atoms with Crippen LogP contribution in [0.15, 0.2) is 47.4 Å². The van der Waals surface area contributed by atoms with Crippen LogP contribution in [-0.2, 0) is 16.6 Å². The van der Waals surface area contributed by atoms with Gasteiger partial charge in [-0.15, -0.1) is 0 Å². The summed E-state index contributed by atoms with van der Waals surface area (Å²) in [7, 11) is -2.19. The highest BCUT2D eigenvalue weighted by Crippen LogP contribution is 2.31. The highest BCUT2D eigenvalue weighted by Gasteiger charge is 2.30. The molecule has 2 aromatic rings. The number of benzene rings is 2. The lowest BCUT2D eigenvalue weighted by molar-refractivity contribution is 0.102. The van der Waals surface area contributed by atoms with Gasteiger partial charge in [-0.3, -0.25) is 4.79 Å². The van der Waals surface area contributed by atoms with Gasteiger partial charge in [0.15, 0.2) is 0 Å². The van der Waals surface area contributed by atoms with Crippen molar-refractivity contribution in [2.75, 3.05) is 25.5 Å². The smallest absolute Gasteiger partial charge is 0.255 e. The van der Waals surface area contributed by atoms with Gasteiger partial charge >= 0.3 is 0 Å². The van der Waals surface area contributed by atoms with Crippen LogP contribution in [0.25, 0.3) is 0 Å². The maximum atomic E-state index is 12.8. The maximum absolute atomic E-state index is 12.8. The number of carbonyl (C=O) groups is 1.